The van der Waals surface area contributed by atoms with E-state index < -0.39 is 10.0 Å². The topological polar surface area (TPSA) is 75.6 Å². The predicted molar refractivity (Wildman–Crippen MR) is 82.2 cm³/mol. The number of para-hydroxylation sites is 1. The van der Waals surface area contributed by atoms with Crippen molar-refractivity contribution in [2.45, 2.75) is 6.42 Å². The van der Waals surface area contributed by atoms with E-state index in [4.69, 9.17) is 4.74 Å². The monoisotopic (exact) mass is 307 g/mol. The van der Waals surface area contributed by atoms with Crippen molar-refractivity contribution in [2.75, 3.05) is 17.6 Å². The highest BCUT2D eigenvalue weighted by Gasteiger charge is 2.16. The van der Waals surface area contributed by atoms with Crippen molar-refractivity contribution in [3.63, 3.8) is 0 Å². The number of phenols is 1. The molecule has 0 aliphatic heterocycles. The van der Waals surface area contributed by atoms with E-state index in [2.05, 4.69) is 4.72 Å². The van der Waals surface area contributed by atoms with Gasteiger partial charge in [-0.15, -0.1) is 0 Å². The first-order valence-electron chi connectivity index (χ1n) is 6.42. The molecule has 2 N–H and O–H groups in total. The molecular weight excluding hydrogens is 290 g/mol. The third kappa shape index (κ3) is 4.13. The Balaban J connectivity index is 2.11. The van der Waals surface area contributed by atoms with Gasteiger partial charge in [0.25, 0.3) is 0 Å². The van der Waals surface area contributed by atoms with E-state index in [0.29, 0.717) is 6.42 Å². The Kier molecular flexibility index (Phi) is 4.70. The summed E-state index contributed by atoms with van der Waals surface area (Å²) in [5.74, 6) is 0.0324. The normalized spacial score (nSPS) is 11.1. The van der Waals surface area contributed by atoms with Gasteiger partial charge in [-0.05, 0) is 24.1 Å². The van der Waals surface area contributed by atoms with E-state index in [0.717, 1.165) is 5.56 Å². The van der Waals surface area contributed by atoms with Crippen LogP contribution < -0.4 is 9.46 Å². The van der Waals surface area contributed by atoms with E-state index in [1.54, 1.807) is 12.1 Å². The zero-order chi connectivity index (χ0) is 15.3. The fourth-order valence-electron chi connectivity index (χ4n) is 1.90. The van der Waals surface area contributed by atoms with Crippen LogP contribution in [0.2, 0.25) is 0 Å². The molecule has 2 aromatic rings. The minimum Gasteiger partial charge on any atom is -0.506 e. The second-order valence-corrected chi connectivity index (χ2v) is 6.35. The second kappa shape index (κ2) is 6.49. The lowest BCUT2D eigenvalue weighted by Crippen LogP contribution is -2.18. The van der Waals surface area contributed by atoms with E-state index in [9.17, 15) is 13.5 Å². The van der Waals surface area contributed by atoms with Crippen LogP contribution in [0, 0.1) is 0 Å². The summed E-state index contributed by atoms with van der Waals surface area (Å²) < 4.78 is 31.7. The maximum Gasteiger partial charge on any atom is 0.233 e. The maximum atomic E-state index is 12.1. The number of rotatable bonds is 6. The number of anilines is 1. The van der Waals surface area contributed by atoms with Crippen LogP contribution in [-0.2, 0) is 16.4 Å². The van der Waals surface area contributed by atoms with Gasteiger partial charge in [0, 0.05) is 0 Å². The first kappa shape index (κ1) is 15.2. The first-order valence-corrected chi connectivity index (χ1v) is 8.07. The third-order valence-electron chi connectivity index (χ3n) is 2.98. The zero-order valence-corrected chi connectivity index (χ0v) is 12.4. The van der Waals surface area contributed by atoms with Gasteiger partial charge in [0.05, 0.1) is 12.9 Å². The molecule has 2 rings (SSSR count). The zero-order valence-electron chi connectivity index (χ0n) is 11.6. The molecule has 0 fully saturated rings. The molecule has 21 heavy (non-hydrogen) atoms. The Morgan fingerprint density at radius 1 is 1.10 bits per heavy atom. The average molecular weight is 307 g/mol. The van der Waals surface area contributed by atoms with Crippen LogP contribution in [-0.4, -0.2) is 26.4 Å². The van der Waals surface area contributed by atoms with Crippen molar-refractivity contribution in [2.24, 2.45) is 0 Å². The molecule has 0 aliphatic carbocycles. The fraction of sp³-hybridized carbons (Fsp3) is 0.200. The number of phenolic OH excluding ortho intramolecular Hbond substituents is 1. The van der Waals surface area contributed by atoms with Crippen molar-refractivity contribution < 1.29 is 18.3 Å². The van der Waals surface area contributed by atoms with Gasteiger partial charge in [0.15, 0.2) is 0 Å². The lowest BCUT2D eigenvalue weighted by molar-refractivity contribution is 0.411. The molecule has 0 aliphatic rings. The lowest BCUT2D eigenvalue weighted by Gasteiger charge is -2.13. The van der Waals surface area contributed by atoms with Gasteiger partial charge in [-0.3, -0.25) is 4.72 Å². The van der Waals surface area contributed by atoms with Crippen molar-refractivity contribution in [3.05, 3.63) is 54.1 Å². The van der Waals surface area contributed by atoms with Gasteiger partial charge in [-0.2, -0.15) is 0 Å². The molecule has 0 bridgehead atoms. The summed E-state index contributed by atoms with van der Waals surface area (Å²) in [6.45, 7) is 0. The number of nitrogens with one attached hydrogen (secondary N) is 1. The molecular formula is C15H17NO4S. The van der Waals surface area contributed by atoms with Crippen LogP contribution in [0.25, 0.3) is 0 Å². The average Bonchev–Trinajstić information content (AvgIpc) is 2.48. The summed E-state index contributed by atoms with van der Waals surface area (Å²) in [7, 11) is -2.16. The van der Waals surface area contributed by atoms with E-state index in [1.807, 2.05) is 30.3 Å². The summed E-state index contributed by atoms with van der Waals surface area (Å²) >= 11 is 0. The Morgan fingerprint density at radius 3 is 2.48 bits per heavy atom. The van der Waals surface area contributed by atoms with Gasteiger partial charge in [0.1, 0.15) is 17.2 Å². The Hall–Kier alpha value is -2.21. The SMILES string of the molecule is COc1cccc(O)c1NS(=O)(=O)CCc1ccccc1. The van der Waals surface area contributed by atoms with Crippen molar-refractivity contribution >= 4 is 15.7 Å². The molecule has 2 aromatic carbocycles. The molecule has 112 valence electrons. The van der Waals surface area contributed by atoms with Crippen LogP contribution in [0.1, 0.15) is 5.56 Å². The summed E-state index contributed by atoms with van der Waals surface area (Å²) in [5.41, 5.74) is 1.00. The Morgan fingerprint density at radius 2 is 1.81 bits per heavy atom. The Labute approximate surface area is 124 Å². The van der Waals surface area contributed by atoms with Crippen LogP contribution in [0.15, 0.2) is 48.5 Å². The third-order valence-corrected chi connectivity index (χ3v) is 4.24. The molecule has 0 atom stereocenters. The standard InChI is InChI=1S/C15H17NO4S/c1-20-14-9-5-8-13(17)15(14)16-21(18,19)11-10-12-6-3-2-4-7-12/h2-9,16-17H,10-11H2,1H3. The largest absolute Gasteiger partial charge is 0.506 e. The van der Waals surface area contributed by atoms with Crippen molar-refractivity contribution in [1.82, 2.24) is 0 Å². The molecule has 0 heterocycles. The molecule has 0 radical (unpaired) electrons. The number of hydrogen-bond donors (Lipinski definition) is 2. The molecule has 6 heteroatoms. The fourth-order valence-corrected chi connectivity index (χ4v) is 3.02. The molecule has 0 unspecified atom stereocenters. The number of aromatic hydroxyl groups is 1. The van der Waals surface area contributed by atoms with Gasteiger partial charge in [0.2, 0.25) is 10.0 Å². The predicted octanol–water partition coefficient (Wildman–Crippen LogP) is 2.39. The highest BCUT2D eigenvalue weighted by molar-refractivity contribution is 7.92. The highest BCUT2D eigenvalue weighted by Crippen LogP contribution is 2.34. The van der Waals surface area contributed by atoms with E-state index >= 15 is 0 Å². The number of sulfonamides is 1. The second-order valence-electron chi connectivity index (χ2n) is 4.51. The lowest BCUT2D eigenvalue weighted by atomic mass is 10.2. The highest BCUT2D eigenvalue weighted by atomic mass is 32.2. The molecule has 5 nitrogen and oxygen atoms in total. The number of ether oxygens (including phenoxy) is 1. The van der Waals surface area contributed by atoms with Crippen LogP contribution in [0.3, 0.4) is 0 Å². The maximum absolute atomic E-state index is 12.1. The van der Waals surface area contributed by atoms with Crippen molar-refractivity contribution in [1.29, 1.82) is 0 Å². The van der Waals surface area contributed by atoms with Crippen LogP contribution in [0.5, 0.6) is 11.5 Å². The van der Waals surface area contributed by atoms with Gasteiger partial charge in [-0.25, -0.2) is 8.42 Å². The molecule has 0 aromatic heterocycles. The molecule has 0 saturated heterocycles. The number of methoxy groups -OCH3 is 1. The molecule has 0 amide bonds. The van der Waals surface area contributed by atoms with Gasteiger partial charge in [-0.1, -0.05) is 36.4 Å². The van der Waals surface area contributed by atoms with Gasteiger partial charge < -0.3 is 9.84 Å². The van der Waals surface area contributed by atoms with Gasteiger partial charge >= 0.3 is 0 Å². The number of benzene rings is 2. The summed E-state index contributed by atoms with van der Waals surface area (Å²) in [4.78, 5) is 0. The number of hydrogen-bond acceptors (Lipinski definition) is 4. The Bertz CT molecular complexity index is 699. The van der Waals surface area contributed by atoms with E-state index in [1.165, 1.54) is 13.2 Å². The first-order chi connectivity index (χ1) is 10.0. The smallest absolute Gasteiger partial charge is 0.233 e. The summed E-state index contributed by atoms with van der Waals surface area (Å²) in [6, 6.07) is 13.9. The molecule has 0 saturated carbocycles. The minimum absolute atomic E-state index is 0.0630. The summed E-state index contributed by atoms with van der Waals surface area (Å²) in [6.07, 6.45) is 0.395. The van der Waals surface area contributed by atoms with Crippen molar-refractivity contribution in [3.8, 4) is 11.5 Å². The van der Waals surface area contributed by atoms with Crippen LogP contribution >= 0.6 is 0 Å². The molecule has 0 spiro atoms. The number of aryl methyl sites for hydroxylation is 1. The van der Waals surface area contributed by atoms with E-state index in [-0.39, 0.29) is 22.9 Å². The quantitative estimate of drug-likeness (QED) is 0.803. The minimum atomic E-state index is -3.58. The van der Waals surface area contributed by atoms with Crippen LogP contribution in [0.4, 0.5) is 5.69 Å². The summed E-state index contributed by atoms with van der Waals surface area (Å²) in [5, 5.41) is 9.76.